The molecule has 2 aromatic carbocycles. The van der Waals surface area contributed by atoms with E-state index in [0.29, 0.717) is 0 Å². The number of rotatable bonds is 24. The van der Waals surface area contributed by atoms with Gasteiger partial charge < -0.3 is 64.9 Å². The average molecular weight is 821 g/mol. The highest BCUT2D eigenvalue weighted by atomic mass is 16.4. The number of fused-ring (bicyclic) bond motifs is 1. The van der Waals surface area contributed by atoms with Gasteiger partial charge in [0.05, 0.1) is 19.1 Å². The fourth-order valence-corrected chi connectivity index (χ4v) is 5.77. The molecule has 0 bridgehead atoms. The number of aromatic nitrogens is 1. The minimum absolute atomic E-state index is 0.0518. The van der Waals surface area contributed by atoms with Gasteiger partial charge in [0.25, 0.3) is 0 Å². The predicted octanol–water partition coefficient (Wildman–Crippen LogP) is -3.12. The van der Waals surface area contributed by atoms with Crippen molar-refractivity contribution in [1.82, 2.24) is 36.9 Å². The van der Waals surface area contributed by atoms with Gasteiger partial charge in [-0.3, -0.25) is 38.6 Å². The summed E-state index contributed by atoms with van der Waals surface area (Å²) < 4.78 is 0. The summed E-state index contributed by atoms with van der Waals surface area (Å²) in [7, 11) is 0. The summed E-state index contributed by atoms with van der Waals surface area (Å²) in [5, 5.41) is 24.9. The van der Waals surface area contributed by atoms with Gasteiger partial charge in [-0.2, -0.15) is 0 Å². The third-order valence-corrected chi connectivity index (χ3v) is 8.88. The van der Waals surface area contributed by atoms with Gasteiger partial charge in [0.15, 0.2) is 5.96 Å². The summed E-state index contributed by atoms with van der Waals surface area (Å²) >= 11 is 0. The van der Waals surface area contributed by atoms with Crippen LogP contribution >= 0.6 is 0 Å². The van der Waals surface area contributed by atoms with Gasteiger partial charge in [-0.05, 0) is 49.8 Å². The lowest BCUT2D eigenvalue weighted by Crippen LogP contribution is -2.55. The lowest BCUT2D eigenvalue weighted by Gasteiger charge is -2.22. The fourth-order valence-electron chi connectivity index (χ4n) is 5.77. The number of hydrogen-bond donors (Lipinski definition) is 12. The van der Waals surface area contributed by atoms with Gasteiger partial charge in [-0.25, -0.2) is 4.79 Å². The number of aromatic amines is 1. The molecule has 0 aliphatic rings. The quantitative estimate of drug-likeness (QED) is 0.0243. The van der Waals surface area contributed by atoms with Gasteiger partial charge in [-0.1, -0.05) is 48.5 Å². The summed E-state index contributed by atoms with van der Waals surface area (Å²) in [4.78, 5) is 108. The molecule has 1 heterocycles. The van der Waals surface area contributed by atoms with Crippen LogP contribution in [0.3, 0.4) is 0 Å². The Kier molecular flexibility index (Phi) is 18.3. The molecule has 0 spiro atoms. The monoisotopic (exact) mass is 820 g/mol. The Bertz CT molecular complexity index is 1980. The highest BCUT2D eigenvalue weighted by Crippen LogP contribution is 2.19. The van der Waals surface area contributed by atoms with Crippen LogP contribution in [-0.2, 0) is 51.2 Å². The maximum absolute atomic E-state index is 13.4. The van der Waals surface area contributed by atoms with E-state index in [1.165, 1.54) is 6.92 Å². The molecular formula is C38H52N12O9. The van der Waals surface area contributed by atoms with E-state index in [1.54, 1.807) is 6.20 Å². The number of amides is 7. The molecule has 0 aliphatic carbocycles. The number of benzene rings is 2. The van der Waals surface area contributed by atoms with Crippen LogP contribution in [0.2, 0.25) is 0 Å². The number of nitrogens with two attached hydrogens (primary N) is 4. The van der Waals surface area contributed by atoms with Crippen LogP contribution < -0.4 is 54.8 Å². The largest absolute Gasteiger partial charge is 0.480 e. The molecule has 7 amide bonds. The van der Waals surface area contributed by atoms with Crippen LogP contribution in [0.15, 0.2) is 65.8 Å². The van der Waals surface area contributed by atoms with Gasteiger partial charge in [0, 0.05) is 36.5 Å². The first-order valence-corrected chi connectivity index (χ1v) is 18.7. The van der Waals surface area contributed by atoms with Crippen molar-refractivity contribution < 1.29 is 43.5 Å². The zero-order chi connectivity index (χ0) is 43.5. The predicted molar refractivity (Wildman–Crippen MR) is 216 cm³/mol. The van der Waals surface area contributed by atoms with Crippen molar-refractivity contribution in [3.63, 3.8) is 0 Å². The first-order chi connectivity index (χ1) is 28.0. The van der Waals surface area contributed by atoms with Gasteiger partial charge in [0.2, 0.25) is 41.4 Å². The number of primary amides is 1. The molecule has 0 fully saturated rings. The van der Waals surface area contributed by atoms with E-state index in [9.17, 15) is 43.5 Å². The molecular weight excluding hydrogens is 768 g/mol. The van der Waals surface area contributed by atoms with Gasteiger partial charge in [0.1, 0.15) is 24.2 Å². The van der Waals surface area contributed by atoms with Crippen molar-refractivity contribution in [2.75, 3.05) is 19.6 Å². The molecule has 0 radical (unpaired) electrons. The smallest absolute Gasteiger partial charge is 0.326 e. The zero-order valence-corrected chi connectivity index (χ0v) is 32.5. The molecule has 0 aliphatic heterocycles. The Hall–Kier alpha value is -7.03. The lowest BCUT2D eigenvalue weighted by molar-refractivity contribution is -0.142. The van der Waals surface area contributed by atoms with E-state index in [4.69, 9.17) is 22.9 Å². The Balaban J connectivity index is 1.54. The second-order valence-corrected chi connectivity index (χ2v) is 13.6. The molecule has 1 aromatic heterocycles. The van der Waals surface area contributed by atoms with Gasteiger partial charge in [-0.15, -0.1) is 0 Å². The minimum atomic E-state index is -1.39. The molecule has 318 valence electrons. The number of guanidine groups is 1. The van der Waals surface area contributed by atoms with Crippen molar-refractivity contribution in [1.29, 1.82) is 0 Å². The van der Waals surface area contributed by atoms with Crippen LogP contribution in [0.4, 0.5) is 0 Å². The number of carboxylic acid groups (broad SMARTS) is 1. The number of carboxylic acids is 1. The highest BCUT2D eigenvalue weighted by Gasteiger charge is 2.28. The Morgan fingerprint density at radius 3 is 2.00 bits per heavy atom. The summed E-state index contributed by atoms with van der Waals surface area (Å²) in [5.41, 5.74) is 24.3. The normalized spacial score (nSPS) is 13.3. The van der Waals surface area contributed by atoms with Crippen LogP contribution in [-0.4, -0.2) is 113 Å². The Morgan fingerprint density at radius 2 is 1.34 bits per heavy atom. The lowest BCUT2D eigenvalue weighted by atomic mass is 10.0. The maximum Gasteiger partial charge on any atom is 0.326 e. The second kappa shape index (κ2) is 23.3. The molecule has 0 saturated carbocycles. The van der Waals surface area contributed by atoms with E-state index >= 15 is 0 Å². The zero-order valence-electron chi connectivity index (χ0n) is 32.5. The Labute approximate surface area is 339 Å². The number of carbonyl (C=O) groups is 8. The number of aliphatic imine (C=N–C) groups is 1. The van der Waals surface area contributed by atoms with E-state index in [-0.39, 0.29) is 51.0 Å². The van der Waals surface area contributed by atoms with E-state index in [0.717, 1.165) is 22.0 Å². The molecule has 3 aromatic rings. The average Bonchev–Trinajstić information content (AvgIpc) is 3.60. The highest BCUT2D eigenvalue weighted by molar-refractivity contribution is 5.95. The van der Waals surface area contributed by atoms with E-state index < -0.39 is 90.6 Å². The topological polar surface area (TPSA) is 361 Å². The molecule has 59 heavy (non-hydrogen) atoms. The van der Waals surface area contributed by atoms with Crippen LogP contribution in [0, 0.1) is 0 Å². The van der Waals surface area contributed by atoms with Crippen LogP contribution in [0.1, 0.15) is 43.7 Å². The van der Waals surface area contributed by atoms with Crippen LogP contribution in [0.25, 0.3) is 10.9 Å². The number of para-hydroxylation sites is 1. The summed E-state index contributed by atoms with van der Waals surface area (Å²) in [5.74, 6) is -6.95. The molecule has 5 unspecified atom stereocenters. The summed E-state index contributed by atoms with van der Waals surface area (Å²) in [6.07, 6.45) is 1.56. The van der Waals surface area contributed by atoms with Gasteiger partial charge >= 0.3 is 5.97 Å². The summed E-state index contributed by atoms with van der Waals surface area (Å²) in [6, 6.07) is 10.5. The Morgan fingerprint density at radius 1 is 0.712 bits per heavy atom. The van der Waals surface area contributed by atoms with Crippen molar-refractivity contribution in [3.8, 4) is 0 Å². The summed E-state index contributed by atoms with van der Waals surface area (Å²) in [6.45, 7) is 0.187. The first kappa shape index (κ1) is 46.4. The SMILES string of the molecule is CC(NC(=O)CNC(=O)C(Cc1c[nH]c2ccccc12)NC(=O)C(N)Cc1ccccc1)C(=O)NCC(=O)NC(CCC(N)=O)C(=O)NC(CCCN=C(N)N)C(=O)O. The minimum Gasteiger partial charge on any atom is -0.480 e. The number of nitrogens with zero attached hydrogens (tertiary/aromatic N) is 1. The standard InChI is InChI=1S/C38H52N12O9/c1-21(33(54)45-20-32(53)48-27(13-14-30(40)51)36(57)49-28(37(58)59)12-7-15-43-38(41)42)47-31(52)19-46-35(56)29(17-23-18-44-26-11-6-5-10-24(23)26)50-34(55)25(39)16-22-8-3-2-4-9-22/h2-6,8-11,18,21,25,27-29,44H,7,12-17,19-20,39H2,1H3,(H2,40,51)(H,45,54)(H,46,56)(H,47,52)(H,48,53)(H,49,57)(H,50,55)(H,58,59)(H4,41,42,43). The van der Waals surface area contributed by atoms with Crippen molar-refractivity contribution in [3.05, 3.63) is 71.9 Å². The number of nitrogens with one attached hydrogen (secondary N) is 7. The molecule has 16 N–H and O–H groups in total. The number of aliphatic carboxylic acids is 1. The molecule has 21 nitrogen and oxygen atoms in total. The van der Waals surface area contributed by atoms with E-state index in [1.807, 2.05) is 54.6 Å². The molecule has 5 atom stereocenters. The van der Waals surface area contributed by atoms with Crippen molar-refractivity contribution >= 4 is 64.2 Å². The molecule has 3 rings (SSSR count). The van der Waals surface area contributed by atoms with Crippen LogP contribution in [0.5, 0.6) is 0 Å². The first-order valence-electron chi connectivity index (χ1n) is 18.7. The van der Waals surface area contributed by atoms with Crippen molar-refractivity contribution in [2.24, 2.45) is 27.9 Å². The molecule has 0 saturated heterocycles. The molecule has 21 heteroatoms. The number of H-pyrrole nitrogens is 1. The maximum atomic E-state index is 13.4. The third kappa shape index (κ3) is 16.2. The third-order valence-electron chi connectivity index (χ3n) is 8.88. The fraction of sp³-hybridized carbons (Fsp3) is 0.395. The number of carbonyl (C=O) groups excluding carboxylic acids is 7. The van der Waals surface area contributed by atoms with E-state index in [2.05, 4.69) is 41.9 Å². The van der Waals surface area contributed by atoms with Crippen molar-refractivity contribution in [2.45, 2.75) is 75.7 Å². The second-order valence-electron chi connectivity index (χ2n) is 13.6. The number of hydrogen-bond acceptors (Lipinski definition) is 10.